The first kappa shape index (κ1) is 24.9. The number of carbonyl (C=O) groups is 3. The highest BCUT2D eigenvalue weighted by Crippen LogP contribution is 2.32. The number of carbonyl (C=O) groups excluding carboxylic acids is 3. The third kappa shape index (κ3) is 5.27. The molecule has 0 radical (unpaired) electrons. The maximum atomic E-state index is 12.8. The summed E-state index contributed by atoms with van der Waals surface area (Å²) in [7, 11) is 1.33. The van der Waals surface area contributed by atoms with Gasteiger partial charge in [-0.05, 0) is 45.4 Å². The van der Waals surface area contributed by atoms with Gasteiger partial charge in [0.15, 0.2) is 0 Å². The van der Waals surface area contributed by atoms with Crippen LogP contribution in [0.4, 0.5) is 4.79 Å². The highest BCUT2D eigenvalue weighted by Gasteiger charge is 2.46. The van der Waals surface area contributed by atoms with Gasteiger partial charge in [-0.2, -0.15) is 5.06 Å². The molecule has 2 N–H and O–H groups in total. The first-order chi connectivity index (χ1) is 15.6. The van der Waals surface area contributed by atoms with Crippen molar-refractivity contribution < 1.29 is 38.9 Å². The first-order valence-corrected chi connectivity index (χ1v) is 10.8. The second-order valence-corrected chi connectivity index (χ2v) is 8.87. The standard InChI is InChI=1S/C22H31N3O8/c1-22(2,3)23(21(29)31-4)9-10-32-11-12-33-14-5-6-15-16(13-14)19(27)25(18(15)26)17-7-8-24(30)20(17)28/h5-6,13,17,20,28,30H,7-12H2,1-4H3. The Morgan fingerprint density at radius 2 is 1.85 bits per heavy atom. The van der Waals surface area contributed by atoms with Crippen LogP contribution in [0.2, 0.25) is 0 Å². The zero-order chi connectivity index (χ0) is 24.3. The lowest BCUT2D eigenvalue weighted by atomic mass is 10.1. The Labute approximate surface area is 192 Å². The van der Waals surface area contributed by atoms with Crippen molar-refractivity contribution in [1.29, 1.82) is 0 Å². The van der Waals surface area contributed by atoms with Gasteiger partial charge in [-0.15, -0.1) is 0 Å². The van der Waals surface area contributed by atoms with Crippen LogP contribution in [-0.2, 0) is 9.47 Å². The Balaban J connectivity index is 1.50. The van der Waals surface area contributed by atoms with Gasteiger partial charge in [0.1, 0.15) is 18.6 Å². The number of hydroxylamine groups is 2. The van der Waals surface area contributed by atoms with Crippen molar-refractivity contribution in [2.45, 2.75) is 45.0 Å². The average Bonchev–Trinajstić information content (AvgIpc) is 3.21. The molecular formula is C22H31N3O8. The van der Waals surface area contributed by atoms with Crippen molar-refractivity contribution in [2.75, 3.05) is 40.0 Å². The average molecular weight is 466 g/mol. The fourth-order valence-corrected chi connectivity index (χ4v) is 3.92. The van der Waals surface area contributed by atoms with Crippen LogP contribution < -0.4 is 4.74 Å². The fraction of sp³-hybridized carbons (Fsp3) is 0.591. The molecule has 182 valence electrons. The molecule has 3 rings (SSSR count). The molecule has 2 atom stereocenters. The van der Waals surface area contributed by atoms with Crippen molar-refractivity contribution in [3.63, 3.8) is 0 Å². The van der Waals surface area contributed by atoms with Crippen LogP contribution in [0.3, 0.4) is 0 Å². The number of ether oxygens (including phenoxy) is 3. The predicted molar refractivity (Wildman–Crippen MR) is 115 cm³/mol. The number of methoxy groups -OCH3 is 1. The molecule has 0 aromatic heterocycles. The SMILES string of the molecule is COC(=O)N(CCOCCOc1ccc2c(c1)C(=O)N(C1CCN(O)C1O)C2=O)C(C)(C)C. The number of rotatable bonds is 8. The normalized spacial score (nSPS) is 20.8. The van der Waals surface area contributed by atoms with E-state index in [0.29, 0.717) is 24.0 Å². The number of amides is 3. The molecule has 11 nitrogen and oxygen atoms in total. The summed E-state index contributed by atoms with van der Waals surface area (Å²) in [5.74, 6) is -0.624. The van der Waals surface area contributed by atoms with Crippen LogP contribution in [0.5, 0.6) is 5.75 Å². The summed E-state index contributed by atoms with van der Waals surface area (Å²) in [6.07, 6.45) is -1.45. The van der Waals surface area contributed by atoms with Crippen LogP contribution in [-0.4, -0.2) is 101 Å². The summed E-state index contributed by atoms with van der Waals surface area (Å²) in [5, 5.41) is 20.4. The molecule has 0 spiro atoms. The summed E-state index contributed by atoms with van der Waals surface area (Å²) in [6.45, 7) is 7.01. The van der Waals surface area contributed by atoms with Crippen molar-refractivity contribution >= 4 is 17.9 Å². The van der Waals surface area contributed by atoms with Gasteiger partial charge < -0.3 is 29.4 Å². The lowest BCUT2D eigenvalue weighted by Crippen LogP contribution is -2.47. The number of aliphatic hydroxyl groups is 1. The molecule has 1 aromatic rings. The summed E-state index contributed by atoms with van der Waals surface area (Å²) < 4.78 is 16.0. The van der Waals surface area contributed by atoms with Crippen LogP contribution in [0, 0.1) is 0 Å². The number of imide groups is 1. The molecule has 2 unspecified atom stereocenters. The van der Waals surface area contributed by atoms with Gasteiger partial charge in [-0.3, -0.25) is 14.5 Å². The molecule has 2 aliphatic rings. The van der Waals surface area contributed by atoms with Gasteiger partial charge >= 0.3 is 6.09 Å². The van der Waals surface area contributed by atoms with E-state index in [0.717, 1.165) is 4.90 Å². The van der Waals surface area contributed by atoms with Crippen molar-refractivity contribution in [1.82, 2.24) is 14.9 Å². The quantitative estimate of drug-likeness (QED) is 0.431. The Morgan fingerprint density at radius 1 is 1.15 bits per heavy atom. The third-order valence-corrected chi connectivity index (χ3v) is 5.68. The Bertz CT molecular complexity index is 900. The molecule has 2 heterocycles. The minimum absolute atomic E-state index is 0.167. The molecule has 0 saturated carbocycles. The predicted octanol–water partition coefficient (Wildman–Crippen LogP) is 1.33. The summed E-state index contributed by atoms with van der Waals surface area (Å²) >= 11 is 0. The van der Waals surface area contributed by atoms with Gasteiger partial charge in [0.25, 0.3) is 11.8 Å². The fourth-order valence-electron chi connectivity index (χ4n) is 3.92. The van der Waals surface area contributed by atoms with E-state index in [1.165, 1.54) is 19.2 Å². The Morgan fingerprint density at radius 3 is 2.45 bits per heavy atom. The van der Waals surface area contributed by atoms with Crippen LogP contribution >= 0.6 is 0 Å². The third-order valence-electron chi connectivity index (χ3n) is 5.68. The topological polar surface area (TPSA) is 129 Å². The highest BCUT2D eigenvalue weighted by molar-refractivity contribution is 6.21. The Kier molecular flexibility index (Phi) is 7.58. The molecule has 1 saturated heterocycles. The van der Waals surface area contributed by atoms with Gasteiger partial charge in [0.05, 0.1) is 37.5 Å². The van der Waals surface area contributed by atoms with Gasteiger partial charge in [0, 0.05) is 18.6 Å². The molecule has 0 aliphatic carbocycles. The Hall–Kier alpha value is -2.73. The van der Waals surface area contributed by atoms with Gasteiger partial charge in [-0.1, -0.05) is 0 Å². The molecule has 1 aromatic carbocycles. The van der Waals surface area contributed by atoms with E-state index in [-0.39, 0.29) is 37.3 Å². The smallest absolute Gasteiger partial charge is 0.409 e. The van der Waals surface area contributed by atoms with Crippen molar-refractivity contribution in [2.24, 2.45) is 0 Å². The molecule has 33 heavy (non-hydrogen) atoms. The van der Waals surface area contributed by atoms with E-state index in [4.69, 9.17) is 14.2 Å². The van der Waals surface area contributed by atoms with E-state index in [1.807, 2.05) is 20.8 Å². The van der Waals surface area contributed by atoms with E-state index < -0.39 is 35.7 Å². The first-order valence-electron chi connectivity index (χ1n) is 10.8. The molecule has 3 amide bonds. The van der Waals surface area contributed by atoms with E-state index in [2.05, 4.69) is 0 Å². The van der Waals surface area contributed by atoms with E-state index in [9.17, 15) is 24.7 Å². The molecule has 1 fully saturated rings. The van der Waals surface area contributed by atoms with Crippen LogP contribution in [0.25, 0.3) is 0 Å². The number of benzene rings is 1. The van der Waals surface area contributed by atoms with Crippen LogP contribution in [0.1, 0.15) is 47.9 Å². The zero-order valence-corrected chi connectivity index (χ0v) is 19.3. The van der Waals surface area contributed by atoms with Crippen molar-refractivity contribution in [3.8, 4) is 5.75 Å². The number of fused-ring (bicyclic) bond motifs is 1. The maximum absolute atomic E-state index is 12.8. The number of nitrogens with zero attached hydrogens (tertiary/aromatic N) is 3. The molecule has 2 aliphatic heterocycles. The molecule has 0 bridgehead atoms. The minimum atomic E-state index is -1.31. The highest BCUT2D eigenvalue weighted by atomic mass is 16.5. The molecule has 11 heteroatoms. The monoisotopic (exact) mass is 465 g/mol. The lowest BCUT2D eigenvalue weighted by Gasteiger charge is -2.34. The van der Waals surface area contributed by atoms with E-state index in [1.54, 1.807) is 11.0 Å². The molecular weight excluding hydrogens is 434 g/mol. The van der Waals surface area contributed by atoms with E-state index >= 15 is 0 Å². The summed E-state index contributed by atoms with van der Waals surface area (Å²) in [5.41, 5.74) is 0.0253. The number of hydrogen-bond donors (Lipinski definition) is 2. The minimum Gasteiger partial charge on any atom is -0.491 e. The largest absolute Gasteiger partial charge is 0.491 e. The summed E-state index contributed by atoms with van der Waals surface area (Å²) in [4.78, 5) is 39.9. The zero-order valence-electron chi connectivity index (χ0n) is 19.3. The number of hydrogen-bond acceptors (Lipinski definition) is 9. The van der Waals surface area contributed by atoms with Gasteiger partial charge in [-0.25, -0.2) is 4.79 Å². The number of aliphatic hydroxyl groups excluding tert-OH is 1. The van der Waals surface area contributed by atoms with Crippen molar-refractivity contribution in [3.05, 3.63) is 29.3 Å². The van der Waals surface area contributed by atoms with Gasteiger partial charge in [0.2, 0.25) is 0 Å². The second kappa shape index (κ2) is 10.0. The second-order valence-electron chi connectivity index (χ2n) is 8.87. The summed E-state index contributed by atoms with van der Waals surface area (Å²) in [6, 6.07) is 3.79. The van der Waals surface area contributed by atoms with Crippen LogP contribution in [0.15, 0.2) is 18.2 Å². The maximum Gasteiger partial charge on any atom is 0.409 e. The lowest BCUT2D eigenvalue weighted by molar-refractivity contribution is -0.179.